The molecule has 1 unspecified atom stereocenters. The SMILES string of the molecule is CCNC(C)(CCCn1nc(C)c(Br)c1C)C(=O)O. The highest BCUT2D eigenvalue weighted by atomic mass is 79.9. The standard InChI is InChI=1S/C13H22BrN3O2/c1-5-15-13(4,12(18)19)7-6-8-17-10(3)11(14)9(2)16-17/h15H,5-8H2,1-4H3,(H,18,19). The van der Waals surface area contributed by atoms with Crippen molar-refractivity contribution in [2.45, 2.75) is 52.6 Å². The maximum Gasteiger partial charge on any atom is 0.323 e. The van der Waals surface area contributed by atoms with Crippen LogP contribution in [0.2, 0.25) is 0 Å². The van der Waals surface area contributed by atoms with E-state index >= 15 is 0 Å². The van der Waals surface area contributed by atoms with E-state index in [2.05, 4.69) is 26.3 Å². The van der Waals surface area contributed by atoms with Crippen LogP contribution in [0.15, 0.2) is 4.47 Å². The number of aryl methyl sites for hydroxylation is 2. The van der Waals surface area contributed by atoms with Crippen LogP contribution in [0.4, 0.5) is 0 Å². The van der Waals surface area contributed by atoms with Crippen LogP contribution in [-0.4, -0.2) is 32.9 Å². The molecule has 0 radical (unpaired) electrons. The number of nitrogens with one attached hydrogen (secondary N) is 1. The van der Waals surface area contributed by atoms with Gasteiger partial charge in [-0.15, -0.1) is 0 Å². The van der Waals surface area contributed by atoms with Crippen LogP contribution >= 0.6 is 15.9 Å². The van der Waals surface area contributed by atoms with Gasteiger partial charge in [-0.25, -0.2) is 0 Å². The van der Waals surface area contributed by atoms with Gasteiger partial charge >= 0.3 is 5.97 Å². The quantitative estimate of drug-likeness (QED) is 0.805. The molecule has 0 amide bonds. The number of nitrogens with zero attached hydrogens (tertiary/aromatic N) is 2. The van der Waals surface area contributed by atoms with Gasteiger partial charge in [-0.2, -0.15) is 5.10 Å². The normalized spacial score (nSPS) is 14.4. The second-order valence-corrected chi connectivity index (χ2v) is 5.77. The molecule has 0 aliphatic rings. The molecular formula is C13H22BrN3O2. The molecular weight excluding hydrogens is 310 g/mol. The summed E-state index contributed by atoms with van der Waals surface area (Å²) in [5.74, 6) is -0.802. The van der Waals surface area contributed by atoms with Crippen molar-refractivity contribution in [1.29, 1.82) is 0 Å². The van der Waals surface area contributed by atoms with Crippen molar-refractivity contribution in [3.8, 4) is 0 Å². The third kappa shape index (κ3) is 3.79. The molecule has 0 saturated carbocycles. The predicted molar refractivity (Wildman–Crippen MR) is 78.4 cm³/mol. The van der Waals surface area contributed by atoms with Crippen molar-refractivity contribution < 1.29 is 9.90 Å². The number of aromatic nitrogens is 2. The third-order valence-corrected chi connectivity index (χ3v) is 4.53. The zero-order chi connectivity index (χ0) is 14.6. The van der Waals surface area contributed by atoms with Gasteiger partial charge in [0.1, 0.15) is 5.54 Å². The van der Waals surface area contributed by atoms with E-state index in [4.69, 9.17) is 0 Å². The minimum Gasteiger partial charge on any atom is -0.480 e. The lowest BCUT2D eigenvalue weighted by Crippen LogP contribution is -2.49. The average Bonchev–Trinajstić information content (AvgIpc) is 2.57. The van der Waals surface area contributed by atoms with Gasteiger partial charge in [0.15, 0.2) is 0 Å². The number of halogens is 1. The summed E-state index contributed by atoms with van der Waals surface area (Å²) < 4.78 is 2.95. The summed E-state index contributed by atoms with van der Waals surface area (Å²) in [6.45, 7) is 8.98. The molecule has 0 bridgehead atoms. The van der Waals surface area contributed by atoms with Gasteiger partial charge < -0.3 is 10.4 Å². The second kappa shape index (κ2) is 6.52. The Bertz CT molecular complexity index is 459. The fourth-order valence-corrected chi connectivity index (χ4v) is 2.42. The van der Waals surface area contributed by atoms with Crippen LogP contribution in [-0.2, 0) is 11.3 Å². The van der Waals surface area contributed by atoms with Gasteiger partial charge in [0.2, 0.25) is 0 Å². The molecule has 0 aliphatic heterocycles. The van der Waals surface area contributed by atoms with E-state index < -0.39 is 11.5 Å². The van der Waals surface area contributed by atoms with Gasteiger partial charge in [-0.3, -0.25) is 9.48 Å². The van der Waals surface area contributed by atoms with E-state index in [0.717, 1.165) is 28.8 Å². The van der Waals surface area contributed by atoms with E-state index in [9.17, 15) is 9.90 Å². The van der Waals surface area contributed by atoms with E-state index in [1.807, 2.05) is 25.5 Å². The fraction of sp³-hybridized carbons (Fsp3) is 0.692. The molecule has 1 atom stereocenters. The van der Waals surface area contributed by atoms with E-state index in [1.165, 1.54) is 0 Å². The summed E-state index contributed by atoms with van der Waals surface area (Å²) in [4.78, 5) is 11.3. The van der Waals surface area contributed by atoms with Gasteiger partial charge in [-0.1, -0.05) is 6.92 Å². The van der Waals surface area contributed by atoms with Crippen LogP contribution in [0.5, 0.6) is 0 Å². The monoisotopic (exact) mass is 331 g/mol. The maximum absolute atomic E-state index is 11.3. The number of carbonyl (C=O) groups is 1. The van der Waals surface area contributed by atoms with Gasteiger partial charge in [0.25, 0.3) is 0 Å². The number of likely N-dealkylation sites (N-methyl/N-ethyl adjacent to an activating group) is 1. The number of carboxylic acids is 1. The Balaban J connectivity index is 2.62. The minimum absolute atomic E-state index is 0.576. The van der Waals surface area contributed by atoms with Crippen molar-refractivity contribution in [1.82, 2.24) is 15.1 Å². The van der Waals surface area contributed by atoms with Crippen molar-refractivity contribution in [3.05, 3.63) is 15.9 Å². The molecule has 1 rings (SSSR count). The van der Waals surface area contributed by atoms with Gasteiger partial charge in [-0.05, 0) is 56.1 Å². The van der Waals surface area contributed by atoms with Crippen LogP contribution in [0.25, 0.3) is 0 Å². The zero-order valence-corrected chi connectivity index (χ0v) is 13.5. The molecule has 1 aromatic rings. The molecule has 0 aromatic carbocycles. The summed E-state index contributed by atoms with van der Waals surface area (Å²) in [5.41, 5.74) is 1.19. The summed E-state index contributed by atoms with van der Waals surface area (Å²) in [6, 6.07) is 0. The zero-order valence-electron chi connectivity index (χ0n) is 12.0. The highest BCUT2D eigenvalue weighted by molar-refractivity contribution is 9.10. The number of hydrogen-bond acceptors (Lipinski definition) is 3. The largest absolute Gasteiger partial charge is 0.480 e. The Morgan fingerprint density at radius 3 is 2.58 bits per heavy atom. The van der Waals surface area contributed by atoms with E-state index in [1.54, 1.807) is 6.92 Å². The molecule has 5 nitrogen and oxygen atoms in total. The molecule has 6 heteroatoms. The lowest BCUT2D eigenvalue weighted by molar-refractivity contribution is -0.144. The first-order valence-corrected chi connectivity index (χ1v) is 7.29. The van der Waals surface area contributed by atoms with Gasteiger partial charge in [0.05, 0.1) is 10.2 Å². The summed E-state index contributed by atoms with van der Waals surface area (Å²) in [6.07, 6.45) is 1.34. The lowest BCUT2D eigenvalue weighted by Gasteiger charge is -2.25. The lowest BCUT2D eigenvalue weighted by atomic mass is 9.96. The van der Waals surface area contributed by atoms with Crippen molar-refractivity contribution in [2.24, 2.45) is 0 Å². The molecule has 2 N–H and O–H groups in total. The third-order valence-electron chi connectivity index (χ3n) is 3.38. The molecule has 108 valence electrons. The van der Waals surface area contributed by atoms with Crippen LogP contribution in [0.1, 0.15) is 38.1 Å². The summed E-state index contributed by atoms with van der Waals surface area (Å²) in [5, 5.41) is 16.7. The molecule has 0 fully saturated rings. The van der Waals surface area contributed by atoms with Crippen LogP contribution in [0.3, 0.4) is 0 Å². The average molecular weight is 332 g/mol. The smallest absolute Gasteiger partial charge is 0.323 e. The van der Waals surface area contributed by atoms with Crippen LogP contribution in [0, 0.1) is 13.8 Å². The number of rotatable bonds is 7. The number of aliphatic carboxylic acids is 1. The highest BCUT2D eigenvalue weighted by Crippen LogP contribution is 2.21. The Morgan fingerprint density at radius 1 is 1.53 bits per heavy atom. The number of carboxylic acid groups (broad SMARTS) is 1. The van der Waals surface area contributed by atoms with Crippen LogP contribution < -0.4 is 5.32 Å². The van der Waals surface area contributed by atoms with Crippen molar-refractivity contribution in [3.63, 3.8) is 0 Å². The molecule has 1 heterocycles. The highest BCUT2D eigenvalue weighted by Gasteiger charge is 2.31. The topological polar surface area (TPSA) is 67.2 Å². The van der Waals surface area contributed by atoms with Crippen molar-refractivity contribution >= 4 is 21.9 Å². The maximum atomic E-state index is 11.3. The fourth-order valence-electron chi connectivity index (χ4n) is 2.14. The second-order valence-electron chi connectivity index (χ2n) is 4.98. The Hall–Kier alpha value is -0.880. The molecule has 19 heavy (non-hydrogen) atoms. The molecule has 0 aliphatic carbocycles. The summed E-state index contributed by atoms with van der Waals surface area (Å²) >= 11 is 3.49. The van der Waals surface area contributed by atoms with Crippen molar-refractivity contribution in [2.75, 3.05) is 6.54 Å². The van der Waals surface area contributed by atoms with E-state index in [0.29, 0.717) is 13.0 Å². The number of hydrogen-bond donors (Lipinski definition) is 2. The minimum atomic E-state index is -0.859. The Morgan fingerprint density at radius 2 is 2.16 bits per heavy atom. The molecule has 0 saturated heterocycles. The first-order valence-electron chi connectivity index (χ1n) is 6.49. The molecule has 0 spiro atoms. The first kappa shape index (κ1) is 16.2. The first-order chi connectivity index (χ1) is 8.81. The predicted octanol–water partition coefficient (Wildman–Crippen LogP) is 2.50. The summed E-state index contributed by atoms with van der Waals surface area (Å²) in [7, 11) is 0. The Labute approximate surface area is 122 Å². The van der Waals surface area contributed by atoms with Gasteiger partial charge in [0, 0.05) is 12.2 Å². The van der Waals surface area contributed by atoms with E-state index in [-0.39, 0.29) is 0 Å². The Kier molecular flexibility index (Phi) is 5.55. The molecule has 1 aromatic heterocycles.